The summed E-state index contributed by atoms with van der Waals surface area (Å²) < 4.78 is 13.3. The lowest BCUT2D eigenvalue weighted by atomic mass is 10.1. The van der Waals surface area contributed by atoms with Gasteiger partial charge in [0.15, 0.2) is 5.78 Å². The predicted molar refractivity (Wildman–Crippen MR) is 62.8 cm³/mol. The number of carbonyl (C=O) groups is 1. The van der Waals surface area contributed by atoms with E-state index in [1.54, 1.807) is 18.2 Å². The van der Waals surface area contributed by atoms with E-state index in [0.29, 0.717) is 5.56 Å². The van der Waals surface area contributed by atoms with Gasteiger partial charge < -0.3 is 0 Å². The van der Waals surface area contributed by atoms with Crippen molar-refractivity contribution in [3.63, 3.8) is 0 Å². The smallest absolute Gasteiger partial charge is 0.151 e. The molecule has 0 N–H and O–H groups in total. The lowest BCUT2D eigenvalue weighted by Crippen LogP contribution is -2.31. The molecule has 0 fully saturated rings. The third-order valence-corrected chi connectivity index (χ3v) is 2.33. The number of hydrogen-bond donors (Lipinski definition) is 0. The summed E-state index contributed by atoms with van der Waals surface area (Å²) in [5.74, 6) is -0.636. The predicted octanol–water partition coefficient (Wildman–Crippen LogP) is 1.29. The SMILES string of the molecule is N#CCN(CC#N)CC(=O)Cc1ccccc1F. The van der Waals surface area contributed by atoms with Crippen molar-refractivity contribution in [2.24, 2.45) is 0 Å². The number of halogens is 1. The van der Waals surface area contributed by atoms with Crippen molar-refractivity contribution in [3.05, 3.63) is 35.6 Å². The zero-order valence-electron chi connectivity index (χ0n) is 9.77. The summed E-state index contributed by atoms with van der Waals surface area (Å²) in [6.45, 7) is 0.00258. The molecule has 0 bridgehead atoms. The Morgan fingerprint density at radius 2 is 1.83 bits per heavy atom. The third-order valence-electron chi connectivity index (χ3n) is 2.33. The Labute approximate surface area is 105 Å². The van der Waals surface area contributed by atoms with Gasteiger partial charge in [0.2, 0.25) is 0 Å². The molecular formula is C13H12FN3O. The van der Waals surface area contributed by atoms with E-state index in [2.05, 4.69) is 0 Å². The van der Waals surface area contributed by atoms with Gasteiger partial charge in [0.25, 0.3) is 0 Å². The molecule has 0 atom stereocenters. The van der Waals surface area contributed by atoms with Crippen LogP contribution in [0.3, 0.4) is 0 Å². The molecule has 0 unspecified atom stereocenters. The fourth-order valence-electron chi connectivity index (χ4n) is 1.53. The minimum absolute atomic E-state index is 0.0105. The number of nitriles is 2. The van der Waals surface area contributed by atoms with E-state index in [-0.39, 0.29) is 31.8 Å². The van der Waals surface area contributed by atoms with Gasteiger partial charge in [-0.1, -0.05) is 18.2 Å². The zero-order valence-corrected chi connectivity index (χ0v) is 9.77. The molecule has 0 saturated carbocycles. The van der Waals surface area contributed by atoms with Gasteiger partial charge >= 0.3 is 0 Å². The molecule has 0 heterocycles. The minimum Gasteiger partial charge on any atom is -0.298 e. The van der Waals surface area contributed by atoms with Gasteiger partial charge in [-0.25, -0.2) is 4.39 Å². The van der Waals surface area contributed by atoms with Gasteiger partial charge in [0.05, 0.1) is 31.8 Å². The first-order valence-electron chi connectivity index (χ1n) is 5.38. The monoisotopic (exact) mass is 245 g/mol. The lowest BCUT2D eigenvalue weighted by molar-refractivity contribution is -0.119. The van der Waals surface area contributed by atoms with Crippen LogP contribution < -0.4 is 0 Å². The number of benzene rings is 1. The van der Waals surface area contributed by atoms with E-state index in [0.717, 1.165) is 0 Å². The maximum Gasteiger partial charge on any atom is 0.151 e. The van der Waals surface area contributed by atoms with Crippen LogP contribution in [0.2, 0.25) is 0 Å². The topological polar surface area (TPSA) is 67.9 Å². The molecule has 0 aliphatic rings. The van der Waals surface area contributed by atoms with Crippen LogP contribution in [0, 0.1) is 28.5 Å². The molecule has 0 amide bonds. The molecule has 4 nitrogen and oxygen atoms in total. The number of Topliss-reactive ketones (excluding diaryl/α,β-unsaturated/α-hetero) is 1. The number of rotatable bonds is 6. The maximum atomic E-state index is 13.3. The van der Waals surface area contributed by atoms with Crippen LogP contribution in [-0.2, 0) is 11.2 Å². The third kappa shape index (κ3) is 4.32. The van der Waals surface area contributed by atoms with Gasteiger partial charge in [-0.2, -0.15) is 10.5 Å². The summed E-state index contributed by atoms with van der Waals surface area (Å²) in [4.78, 5) is 13.1. The van der Waals surface area contributed by atoms with E-state index in [1.165, 1.54) is 11.0 Å². The Morgan fingerprint density at radius 1 is 1.22 bits per heavy atom. The van der Waals surface area contributed by atoms with Gasteiger partial charge in [-0.3, -0.25) is 9.69 Å². The highest BCUT2D eigenvalue weighted by Crippen LogP contribution is 2.07. The van der Waals surface area contributed by atoms with Crippen molar-refractivity contribution >= 4 is 5.78 Å². The average molecular weight is 245 g/mol. The molecule has 0 spiro atoms. The highest BCUT2D eigenvalue weighted by atomic mass is 19.1. The largest absolute Gasteiger partial charge is 0.298 e. The average Bonchev–Trinajstić information content (AvgIpc) is 2.33. The molecule has 0 aromatic heterocycles. The van der Waals surface area contributed by atoms with Crippen LogP contribution in [0.25, 0.3) is 0 Å². The van der Waals surface area contributed by atoms with Crippen molar-refractivity contribution in [2.75, 3.05) is 19.6 Å². The highest BCUT2D eigenvalue weighted by Gasteiger charge is 2.12. The Morgan fingerprint density at radius 3 is 2.39 bits per heavy atom. The molecule has 18 heavy (non-hydrogen) atoms. The summed E-state index contributed by atoms with van der Waals surface area (Å²) in [6, 6.07) is 9.83. The molecule has 1 aromatic carbocycles. The van der Waals surface area contributed by atoms with Gasteiger partial charge in [0.1, 0.15) is 5.82 Å². The normalized spacial score (nSPS) is 9.78. The maximum absolute atomic E-state index is 13.3. The van der Waals surface area contributed by atoms with Crippen molar-refractivity contribution in [2.45, 2.75) is 6.42 Å². The second kappa shape index (κ2) is 7.16. The summed E-state index contributed by atoms with van der Waals surface area (Å²) in [7, 11) is 0. The molecule has 1 aromatic rings. The van der Waals surface area contributed by atoms with Crippen molar-refractivity contribution < 1.29 is 9.18 Å². The quantitative estimate of drug-likeness (QED) is 0.708. The van der Waals surface area contributed by atoms with Crippen molar-refractivity contribution in [1.82, 2.24) is 4.90 Å². The van der Waals surface area contributed by atoms with Crippen molar-refractivity contribution in [3.8, 4) is 12.1 Å². The fourth-order valence-corrected chi connectivity index (χ4v) is 1.53. The summed E-state index contributed by atoms with van der Waals surface area (Å²) >= 11 is 0. The van der Waals surface area contributed by atoms with Crippen LogP contribution in [0.5, 0.6) is 0 Å². The fraction of sp³-hybridized carbons (Fsp3) is 0.308. The molecular weight excluding hydrogens is 233 g/mol. The van der Waals surface area contributed by atoms with Crippen LogP contribution >= 0.6 is 0 Å². The van der Waals surface area contributed by atoms with Crippen molar-refractivity contribution in [1.29, 1.82) is 10.5 Å². The molecule has 0 saturated heterocycles. The van der Waals surface area contributed by atoms with Crippen LogP contribution in [0.1, 0.15) is 5.56 Å². The molecule has 5 heteroatoms. The number of carbonyl (C=O) groups excluding carboxylic acids is 1. The van der Waals surface area contributed by atoms with Gasteiger partial charge in [-0.15, -0.1) is 0 Å². The van der Waals surface area contributed by atoms with Gasteiger partial charge in [-0.05, 0) is 11.6 Å². The van der Waals surface area contributed by atoms with Gasteiger partial charge in [0, 0.05) is 6.42 Å². The molecule has 0 aliphatic heterocycles. The Hall–Kier alpha value is -2.24. The Balaban J connectivity index is 2.59. The first-order chi connectivity index (χ1) is 8.67. The molecule has 1 rings (SSSR count). The minimum atomic E-state index is -0.419. The zero-order chi connectivity index (χ0) is 13.4. The second-order valence-corrected chi connectivity index (χ2v) is 3.77. The molecule has 0 radical (unpaired) electrons. The second-order valence-electron chi connectivity index (χ2n) is 3.77. The van der Waals surface area contributed by atoms with E-state index in [9.17, 15) is 9.18 Å². The Bertz CT molecular complexity index is 486. The lowest BCUT2D eigenvalue weighted by Gasteiger charge is -2.13. The van der Waals surface area contributed by atoms with E-state index in [1.807, 2.05) is 12.1 Å². The van der Waals surface area contributed by atoms with E-state index in [4.69, 9.17) is 10.5 Å². The van der Waals surface area contributed by atoms with Crippen LogP contribution in [0.4, 0.5) is 4.39 Å². The standard InChI is InChI=1S/C13H12FN3O/c14-13-4-2-1-3-11(13)9-12(18)10-17(7-5-15)8-6-16/h1-4H,7-10H2. The highest BCUT2D eigenvalue weighted by molar-refractivity contribution is 5.82. The first kappa shape index (κ1) is 13.8. The summed E-state index contributed by atoms with van der Waals surface area (Å²) in [6.07, 6.45) is -0.0277. The van der Waals surface area contributed by atoms with Crippen LogP contribution in [-0.4, -0.2) is 30.3 Å². The first-order valence-corrected chi connectivity index (χ1v) is 5.38. The van der Waals surface area contributed by atoms with Crippen LogP contribution in [0.15, 0.2) is 24.3 Å². The molecule has 92 valence electrons. The summed E-state index contributed by atoms with van der Waals surface area (Å²) in [5, 5.41) is 17.1. The number of nitrogens with zero attached hydrogens (tertiary/aromatic N) is 3. The molecule has 0 aliphatic carbocycles. The van der Waals surface area contributed by atoms with E-state index < -0.39 is 5.82 Å². The Kier molecular flexibility index (Phi) is 5.50. The van der Waals surface area contributed by atoms with E-state index >= 15 is 0 Å². The number of ketones is 1. The summed E-state index contributed by atoms with van der Waals surface area (Å²) in [5.41, 5.74) is 0.330. The number of hydrogen-bond acceptors (Lipinski definition) is 4.